The fraction of sp³-hybridized carbons (Fsp3) is 0.250. The fourth-order valence-electron chi connectivity index (χ4n) is 1.46. The summed E-state index contributed by atoms with van der Waals surface area (Å²) in [6.45, 7) is 1.70. The lowest BCUT2D eigenvalue weighted by molar-refractivity contribution is 0.0463. The third-order valence-corrected chi connectivity index (χ3v) is 2.49. The van der Waals surface area contributed by atoms with Gasteiger partial charge in [0.15, 0.2) is 0 Å². The summed E-state index contributed by atoms with van der Waals surface area (Å²) < 4.78 is 14.6. The number of nitrogens with two attached hydrogens (primary N) is 1. The first kappa shape index (κ1) is 12.9. The predicted octanol–water partition coefficient (Wildman–Crippen LogP) is 1.33. The van der Waals surface area contributed by atoms with Gasteiger partial charge < -0.3 is 15.2 Å². The lowest BCUT2D eigenvalue weighted by Gasteiger charge is -2.06. The zero-order chi connectivity index (χ0) is 13.8. The van der Waals surface area contributed by atoms with E-state index in [-0.39, 0.29) is 6.61 Å². The molecule has 0 bridgehead atoms. The molecule has 19 heavy (non-hydrogen) atoms. The summed E-state index contributed by atoms with van der Waals surface area (Å²) in [4.78, 5) is 11.9. The minimum atomic E-state index is -0.520. The Bertz CT molecular complexity index is 594. The van der Waals surface area contributed by atoms with E-state index in [1.54, 1.807) is 19.1 Å². The summed E-state index contributed by atoms with van der Waals surface area (Å²) in [5.41, 5.74) is 7.45. The number of hydrogen-bond acceptors (Lipinski definition) is 7. The molecule has 2 N–H and O–H groups in total. The van der Waals surface area contributed by atoms with Gasteiger partial charge in [-0.3, -0.25) is 0 Å². The molecule has 2 rings (SSSR count). The third-order valence-electron chi connectivity index (χ3n) is 2.49. The zero-order valence-corrected chi connectivity index (χ0v) is 10.5. The van der Waals surface area contributed by atoms with Crippen molar-refractivity contribution in [2.45, 2.75) is 13.5 Å². The fourth-order valence-corrected chi connectivity index (χ4v) is 1.46. The van der Waals surface area contributed by atoms with E-state index in [9.17, 15) is 4.79 Å². The van der Waals surface area contributed by atoms with Crippen molar-refractivity contribution in [2.75, 3.05) is 12.8 Å². The molecule has 0 amide bonds. The van der Waals surface area contributed by atoms with Gasteiger partial charge in [0, 0.05) is 11.8 Å². The van der Waals surface area contributed by atoms with Crippen molar-refractivity contribution >= 4 is 11.7 Å². The van der Waals surface area contributed by atoms with Crippen LogP contribution < -0.4 is 10.5 Å². The highest BCUT2D eigenvalue weighted by molar-refractivity contribution is 5.91. The van der Waals surface area contributed by atoms with Gasteiger partial charge in [-0.05, 0) is 19.1 Å². The summed E-state index contributed by atoms with van der Waals surface area (Å²) in [5, 5.41) is 7.21. The molecule has 0 radical (unpaired) electrons. The highest BCUT2D eigenvalue weighted by Gasteiger charge is 2.12. The van der Waals surface area contributed by atoms with Crippen molar-refractivity contribution in [3.63, 3.8) is 0 Å². The lowest BCUT2D eigenvalue weighted by atomic mass is 10.2. The number of aryl methyl sites for hydroxylation is 1. The van der Waals surface area contributed by atoms with E-state index >= 15 is 0 Å². The Morgan fingerprint density at radius 2 is 2.16 bits per heavy atom. The lowest BCUT2D eigenvalue weighted by Crippen LogP contribution is -2.07. The SMILES string of the molecule is COc1cc(N)cc(C(=O)OCc2nonc2C)c1. The number of carbonyl (C=O) groups is 1. The van der Waals surface area contributed by atoms with Gasteiger partial charge in [0.1, 0.15) is 23.7 Å². The van der Waals surface area contributed by atoms with Crippen LogP contribution in [0.1, 0.15) is 21.7 Å². The number of methoxy groups -OCH3 is 1. The Hall–Kier alpha value is -2.57. The normalized spacial score (nSPS) is 10.2. The van der Waals surface area contributed by atoms with Crippen LogP contribution in [0.3, 0.4) is 0 Å². The third kappa shape index (κ3) is 3.01. The molecule has 1 aromatic heterocycles. The van der Waals surface area contributed by atoms with Crippen molar-refractivity contribution in [2.24, 2.45) is 0 Å². The number of nitrogens with zero attached hydrogens (tertiary/aromatic N) is 2. The van der Waals surface area contributed by atoms with Crippen molar-refractivity contribution < 1.29 is 18.9 Å². The number of ether oxygens (including phenoxy) is 2. The molecule has 7 nitrogen and oxygen atoms in total. The highest BCUT2D eigenvalue weighted by Crippen LogP contribution is 2.19. The molecule has 0 saturated carbocycles. The maximum atomic E-state index is 11.9. The number of rotatable bonds is 4. The molecule has 7 heteroatoms. The zero-order valence-electron chi connectivity index (χ0n) is 10.5. The Kier molecular flexibility index (Phi) is 3.65. The second-order valence-corrected chi connectivity index (χ2v) is 3.87. The summed E-state index contributed by atoms with van der Waals surface area (Å²) in [6.07, 6.45) is 0. The van der Waals surface area contributed by atoms with Crippen LogP contribution in [0.2, 0.25) is 0 Å². The highest BCUT2D eigenvalue weighted by atomic mass is 16.6. The largest absolute Gasteiger partial charge is 0.497 e. The van der Waals surface area contributed by atoms with E-state index in [2.05, 4.69) is 14.9 Å². The molecule has 0 aliphatic rings. The molecule has 0 unspecified atom stereocenters. The van der Waals surface area contributed by atoms with Crippen LogP contribution in [0.15, 0.2) is 22.8 Å². The van der Waals surface area contributed by atoms with E-state index < -0.39 is 5.97 Å². The van der Waals surface area contributed by atoms with Crippen molar-refractivity contribution in [1.82, 2.24) is 10.3 Å². The first-order chi connectivity index (χ1) is 9.10. The minimum absolute atomic E-state index is 0.00865. The van der Waals surface area contributed by atoms with Gasteiger partial charge in [-0.1, -0.05) is 10.3 Å². The van der Waals surface area contributed by atoms with Gasteiger partial charge in [-0.25, -0.2) is 9.42 Å². The maximum Gasteiger partial charge on any atom is 0.338 e. The number of esters is 1. The van der Waals surface area contributed by atoms with Crippen LogP contribution in [0.4, 0.5) is 5.69 Å². The van der Waals surface area contributed by atoms with E-state index in [4.69, 9.17) is 15.2 Å². The van der Waals surface area contributed by atoms with Crippen molar-refractivity contribution in [3.8, 4) is 5.75 Å². The summed E-state index contributed by atoms with van der Waals surface area (Å²) >= 11 is 0. The van der Waals surface area contributed by atoms with Crippen LogP contribution >= 0.6 is 0 Å². The molecule has 0 aliphatic heterocycles. The van der Waals surface area contributed by atoms with Crippen LogP contribution in [0.25, 0.3) is 0 Å². The van der Waals surface area contributed by atoms with Gasteiger partial charge in [-0.2, -0.15) is 0 Å². The number of nitrogen functional groups attached to an aromatic ring is 1. The minimum Gasteiger partial charge on any atom is -0.497 e. The van der Waals surface area contributed by atoms with Gasteiger partial charge in [0.25, 0.3) is 0 Å². The Labute approximate surface area is 109 Å². The Balaban J connectivity index is 2.08. The average molecular weight is 263 g/mol. The number of carbonyl (C=O) groups excluding carboxylic acids is 1. The number of benzene rings is 1. The van der Waals surface area contributed by atoms with Gasteiger partial charge in [0.05, 0.1) is 12.7 Å². The van der Waals surface area contributed by atoms with Crippen molar-refractivity contribution in [1.29, 1.82) is 0 Å². The first-order valence-corrected chi connectivity index (χ1v) is 5.50. The predicted molar refractivity (Wildman–Crippen MR) is 65.6 cm³/mol. The summed E-state index contributed by atoms with van der Waals surface area (Å²) in [7, 11) is 1.49. The van der Waals surface area contributed by atoms with E-state index in [1.807, 2.05) is 0 Å². The first-order valence-electron chi connectivity index (χ1n) is 5.50. The topological polar surface area (TPSA) is 100 Å². The molecule has 100 valence electrons. The van der Waals surface area contributed by atoms with Crippen LogP contribution in [0, 0.1) is 6.92 Å². The Morgan fingerprint density at radius 3 is 2.79 bits per heavy atom. The Morgan fingerprint density at radius 1 is 1.37 bits per heavy atom. The molecule has 2 aromatic rings. The molecule has 0 fully saturated rings. The molecule has 1 heterocycles. The molecular formula is C12H13N3O4. The monoisotopic (exact) mass is 263 g/mol. The van der Waals surface area contributed by atoms with E-state index in [0.717, 1.165) is 0 Å². The number of anilines is 1. The summed E-state index contributed by atoms with van der Waals surface area (Å²) in [5.74, 6) is -0.0285. The molecule has 0 aliphatic carbocycles. The van der Waals surface area contributed by atoms with Crippen LogP contribution in [0.5, 0.6) is 5.75 Å². The molecule has 0 atom stereocenters. The van der Waals surface area contributed by atoms with Gasteiger partial charge >= 0.3 is 5.97 Å². The summed E-state index contributed by atoms with van der Waals surface area (Å²) in [6, 6.07) is 4.67. The number of hydrogen-bond donors (Lipinski definition) is 1. The van der Waals surface area contributed by atoms with Crippen molar-refractivity contribution in [3.05, 3.63) is 35.2 Å². The van der Waals surface area contributed by atoms with Crippen LogP contribution in [-0.4, -0.2) is 23.4 Å². The quantitative estimate of drug-likeness (QED) is 0.655. The smallest absolute Gasteiger partial charge is 0.338 e. The van der Waals surface area contributed by atoms with E-state index in [0.29, 0.717) is 28.4 Å². The maximum absolute atomic E-state index is 11.9. The molecule has 0 saturated heterocycles. The van der Waals surface area contributed by atoms with E-state index in [1.165, 1.54) is 13.2 Å². The van der Waals surface area contributed by atoms with Crippen LogP contribution in [-0.2, 0) is 11.3 Å². The molecule has 1 aromatic carbocycles. The molecular weight excluding hydrogens is 250 g/mol. The standard InChI is InChI=1S/C12H13N3O4/c1-7-11(15-19-14-7)6-18-12(16)8-3-9(13)5-10(4-8)17-2/h3-5H,6,13H2,1-2H3. The second-order valence-electron chi connectivity index (χ2n) is 3.87. The van der Waals surface area contributed by atoms with Gasteiger partial charge in [0.2, 0.25) is 0 Å². The molecule has 0 spiro atoms. The average Bonchev–Trinajstić information content (AvgIpc) is 2.80. The van der Waals surface area contributed by atoms with Gasteiger partial charge in [-0.15, -0.1) is 0 Å². The number of aromatic nitrogens is 2. The second kappa shape index (κ2) is 5.38.